The van der Waals surface area contributed by atoms with Crippen molar-refractivity contribution in [1.29, 1.82) is 0 Å². The van der Waals surface area contributed by atoms with Crippen molar-refractivity contribution in [2.45, 2.75) is 26.6 Å². The zero-order chi connectivity index (χ0) is 12.8. The lowest BCUT2D eigenvalue weighted by atomic mass is 10.1. The Morgan fingerprint density at radius 3 is 2.44 bits per heavy atom. The van der Waals surface area contributed by atoms with Gasteiger partial charge in [-0.05, 0) is 29.8 Å². The highest BCUT2D eigenvalue weighted by Gasteiger charge is 2.08. The van der Waals surface area contributed by atoms with E-state index in [1.54, 1.807) is 6.26 Å². The molecule has 0 spiro atoms. The molecule has 1 aromatic heterocycles. The summed E-state index contributed by atoms with van der Waals surface area (Å²) >= 11 is 0. The van der Waals surface area contributed by atoms with E-state index in [0.29, 0.717) is 6.54 Å². The van der Waals surface area contributed by atoms with E-state index in [-0.39, 0.29) is 0 Å². The molecule has 0 saturated carbocycles. The summed E-state index contributed by atoms with van der Waals surface area (Å²) in [6, 6.07) is 12.3. The minimum atomic E-state index is 0.592. The summed E-state index contributed by atoms with van der Waals surface area (Å²) in [6.45, 7) is 5.48. The molecular formula is C15H20N2O. The van der Waals surface area contributed by atoms with Crippen molar-refractivity contribution in [3.05, 3.63) is 59.5 Å². The normalized spacial score (nSPS) is 11.1. The van der Waals surface area contributed by atoms with Crippen LogP contribution in [0.5, 0.6) is 0 Å². The molecule has 1 aromatic carbocycles. The quantitative estimate of drug-likeness (QED) is 0.849. The highest BCUT2D eigenvalue weighted by atomic mass is 16.3. The maximum absolute atomic E-state index is 5.77. The van der Waals surface area contributed by atoms with Crippen LogP contribution in [0.1, 0.15) is 23.8 Å². The Hall–Kier alpha value is -1.58. The summed E-state index contributed by atoms with van der Waals surface area (Å²) in [6.07, 6.45) is 1.72. The minimum Gasteiger partial charge on any atom is -0.468 e. The largest absolute Gasteiger partial charge is 0.468 e. The molecule has 0 aliphatic heterocycles. The molecule has 0 saturated heterocycles. The van der Waals surface area contributed by atoms with Gasteiger partial charge in [-0.2, -0.15) is 0 Å². The van der Waals surface area contributed by atoms with Crippen LogP contribution in [0.25, 0.3) is 0 Å². The van der Waals surface area contributed by atoms with Crippen molar-refractivity contribution in [2.75, 3.05) is 6.54 Å². The number of benzene rings is 1. The molecule has 2 aromatic rings. The lowest BCUT2D eigenvalue weighted by molar-refractivity contribution is 0.247. The van der Waals surface area contributed by atoms with Crippen molar-refractivity contribution < 1.29 is 4.42 Å². The third-order valence-corrected chi connectivity index (χ3v) is 3.14. The Morgan fingerprint density at radius 2 is 1.83 bits per heavy atom. The highest BCUT2D eigenvalue weighted by molar-refractivity contribution is 5.26. The molecule has 3 nitrogen and oxygen atoms in total. The van der Waals surface area contributed by atoms with Crippen LogP contribution in [0.2, 0.25) is 0 Å². The van der Waals surface area contributed by atoms with Crippen molar-refractivity contribution in [3.8, 4) is 0 Å². The van der Waals surface area contributed by atoms with Gasteiger partial charge in [0.05, 0.1) is 12.8 Å². The topological polar surface area (TPSA) is 42.4 Å². The number of furan rings is 1. The Balaban J connectivity index is 2.05. The highest BCUT2D eigenvalue weighted by Crippen LogP contribution is 2.13. The molecule has 1 heterocycles. The van der Waals surface area contributed by atoms with E-state index in [4.69, 9.17) is 10.2 Å². The molecule has 3 heteroatoms. The molecule has 0 aliphatic rings. The predicted molar refractivity (Wildman–Crippen MR) is 72.8 cm³/mol. The Morgan fingerprint density at radius 1 is 1.06 bits per heavy atom. The van der Waals surface area contributed by atoms with Crippen LogP contribution < -0.4 is 5.73 Å². The zero-order valence-electron chi connectivity index (χ0n) is 10.8. The average Bonchev–Trinajstić information content (AvgIpc) is 2.91. The van der Waals surface area contributed by atoms with Crippen LogP contribution in [0.15, 0.2) is 47.1 Å². The van der Waals surface area contributed by atoms with Gasteiger partial charge < -0.3 is 10.2 Å². The fraction of sp³-hybridized carbons (Fsp3) is 0.333. The average molecular weight is 244 g/mol. The van der Waals surface area contributed by atoms with Crippen LogP contribution >= 0.6 is 0 Å². The molecule has 0 amide bonds. The molecule has 2 N–H and O–H groups in total. The second-order valence-electron chi connectivity index (χ2n) is 4.36. The third kappa shape index (κ3) is 3.22. The Bertz CT molecular complexity index is 465. The second kappa shape index (κ2) is 6.38. The number of hydrogen-bond acceptors (Lipinski definition) is 3. The van der Waals surface area contributed by atoms with Gasteiger partial charge in [-0.1, -0.05) is 31.2 Å². The molecule has 0 radical (unpaired) electrons. The minimum absolute atomic E-state index is 0.592. The van der Waals surface area contributed by atoms with Crippen molar-refractivity contribution in [1.82, 2.24) is 4.90 Å². The maximum atomic E-state index is 5.77. The molecule has 0 unspecified atom stereocenters. The number of rotatable bonds is 6. The maximum Gasteiger partial charge on any atom is 0.117 e. The standard InChI is InChI=1S/C15H20N2O/c1-2-17(12-15-8-5-9-18-15)11-14-7-4-3-6-13(14)10-16/h3-9H,2,10-12,16H2,1H3. The summed E-state index contributed by atoms with van der Waals surface area (Å²) in [4.78, 5) is 2.34. The van der Waals surface area contributed by atoms with Crippen molar-refractivity contribution in [2.24, 2.45) is 5.73 Å². The van der Waals surface area contributed by atoms with Gasteiger partial charge in [0, 0.05) is 13.1 Å². The Labute approximate surface area is 108 Å². The molecule has 96 valence electrons. The molecule has 0 bridgehead atoms. The molecule has 0 fully saturated rings. The third-order valence-electron chi connectivity index (χ3n) is 3.14. The van der Waals surface area contributed by atoms with Crippen LogP contribution in [-0.4, -0.2) is 11.4 Å². The Kier molecular flexibility index (Phi) is 4.56. The van der Waals surface area contributed by atoms with E-state index in [1.165, 1.54) is 11.1 Å². The number of nitrogens with two attached hydrogens (primary N) is 1. The van der Waals surface area contributed by atoms with Crippen LogP contribution in [-0.2, 0) is 19.6 Å². The van der Waals surface area contributed by atoms with E-state index in [0.717, 1.165) is 25.4 Å². The molecular weight excluding hydrogens is 224 g/mol. The summed E-state index contributed by atoms with van der Waals surface area (Å²) < 4.78 is 5.39. The number of hydrogen-bond donors (Lipinski definition) is 1. The van der Waals surface area contributed by atoms with Gasteiger partial charge in [0.1, 0.15) is 5.76 Å². The molecule has 0 atom stereocenters. The lowest BCUT2D eigenvalue weighted by Crippen LogP contribution is -2.23. The first kappa shape index (κ1) is 12.9. The monoisotopic (exact) mass is 244 g/mol. The van der Waals surface area contributed by atoms with Gasteiger partial charge in [-0.25, -0.2) is 0 Å². The van der Waals surface area contributed by atoms with Gasteiger partial charge in [-0.15, -0.1) is 0 Å². The first-order valence-corrected chi connectivity index (χ1v) is 6.35. The summed E-state index contributed by atoms with van der Waals surface area (Å²) in [5.41, 5.74) is 8.28. The van der Waals surface area contributed by atoms with Crippen LogP contribution in [0.3, 0.4) is 0 Å². The smallest absolute Gasteiger partial charge is 0.117 e. The van der Waals surface area contributed by atoms with Gasteiger partial charge in [-0.3, -0.25) is 4.90 Å². The fourth-order valence-corrected chi connectivity index (χ4v) is 2.05. The second-order valence-corrected chi connectivity index (χ2v) is 4.36. The van der Waals surface area contributed by atoms with Crippen LogP contribution in [0.4, 0.5) is 0 Å². The van der Waals surface area contributed by atoms with Crippen molar-refractivity contribution >= 4 is 0 Å². The van der Waals surface area contributed by atoms with E-state index < -0.39 is 0 Å². The molecule has 18 heavy (non-hydrogen) atoms. The first-order valence-electron chi connectivity index (χ1n) is 6.35. The van der Waals surface area contributed by atoms with E-state index in [2.05, 4.69) is 30.0 Å². The zero-order valence-corrected chi connectivity index (χ0v) is 10.8. The van der Waals surface area contributed by atoms with Gasteiger partial charge in [0.15, 0.2) is 0 Å². The molecule has 0 aliphatic carbocycles. The van der Waals surface area contributed by atoms with Gasteiger partial charge >= 0.3 is 0 Å². The fourth-order valence-electron chi connectivity index (χ4n) is 2.05. The van der Waals surface area contributed by atoms with Crippen molar-refractivity contribution in [3.63, 3.8) is 0 Å². The van der Waals surface area contributed by atoms with Gasteiger partial charge in [0.25, 0.3) is 0 Å². The van der Waals surface area contributed by atoms with E-state index in [9.17, 15) is 0 Å². The SMILES string of the molecule is CCN(Cc1ccco1)Cc1ccccc1CN. The van der Waals surface area contributed by atoms with Gasteiger partial charge in [0.2, 0.25) is 0 Å². The predicted octanol–water partition coefficient (Wildman–Crippen LogP) is 2.76. The summed E-state index contributed by atoms with van der Waals surface area (Å²) in [5.74, 6) is 1.00. The summed E-state index contributed by atoms with van der Waals surface area (Å²) in [5, 5.41) is 0. The first-order chi connectivity index (χ1) is 8.83. The summed E-state index contributed by atoms with van der Waals surface area (Å²) in [7, 11) is 0. The van der Waals surface area contributed by atoms with E-state index >= 15 is 0 Å². The van der Waals surface area contributed by atoms with E-state index in [1.807, 2.05) is 18.2 Å². The number of nitrogens with zero attached hydrogens (tertiary/aromatic N) is 1. The molecule has 2 rings (SSSR count). The van der Waals surface area contributed by atoms with Crippen LogP contribution in [0, 0.1) is 0 Å². The lowest BCUT2D eigenvalue weighted by Gasteiger charge is -2.20.